The molecule has 4 heteroatoms. The number of nitrogens with zero attached hydrogens (tertiary/aromatic N) is 2. The van der Waals surface area contributed by atoms with Gasteiger partial charge in [0, 0.05) is 16.0 Å². The number of aromatic nitrogens is 2. The summed E-state index contributed by atoms with van der Waals surface area (Å²) in [5.74, 6) is 1.14. The molecule has 1 heterocycles. The number of nitrogens with two attached hydrogens (primary N) is 1. The number of halogens is 1. The van der Waals surface area contributed by atoms with E-state index >= 15 is 0 Å². The van der Waals surface area contributed by atoms with Crippen molar-refractivity contribution in [3.05, 3.63) is 52.5 Å². The monoisotopic (exact) mass is 283 g/mol. The predicted octanol–water partition coefficient (Wildman–Crippen LogP) is 4.15. The number of hydrogen-bond donors (Lipinski definition) is 1. The van der Waals surface area contributed by atoms with E-state index in [-0.39, 0.29) is 0 Å². The Morgan fingerprint density at radius 1 is 1.00 bits per heavy atom. The maximum Gasteiger partial charge on any atom is 0.162 e. The first-order valence-electron chi connectivity index (χ1n) is 6.35. The van der Waals surface area contributed by atoms with Gasteiger partial charge in [-0.15, -0.1) is 0 Å². The number of benzene rings is 2. The summed E-state index contributed by atoms with van der Waals surface area (Å²) in [6, 6.07) is 11.7. The average Bonchev–Trinajstić information content (AvgIpc) is 2.41. The molecule has 1 aromatic heterocycles. The van der Waals surface area contributed by atoms with E-state index in [1.54, 1.807) is 0 Å². The van der Waals surface area contributed by atoms with Crippen molar-refractivity contribution in [1.29, 1.82) is 0 Å². The fourth-order valence-corrected chi connectivity index (χ4v) is 2.42. The summed E-state index contributed by atoms with van der Waals surface area (Å²) < 4.78 is 0. The standard InChI is InChI=1S/C16H14ClN3/c1-9-4-3-5-13-14(9)15(18)20-16(19-13)11-6-7-12(17)10(2)8-11/h3-8H,1-2H3,(H2,18,19,20). The molecule has 0 aliphatic heterocycles. The van der Waals surface area contributed by atoms with Crippen LogP contribution in [-0.4, -0.2) is 9.97 Å². The highest BCUT2D eigenvalue weighted by Gasteiger charge is 2.09. The number of rotatable bonds is 1. The SMILES string of the molecule is Cc1cc(-c2nc(N)c3c(C)cccc3n2)ccc1Cl. The maximum absolute atomic E-state index is 6.09. The fourth-order valence-electron chi connectivity index (χ4n) is 2.30. The van der Waals surface area contributed by atoms with Crippen molar-refractivity contribution in [1.82, 2.24) is 9.97 Å². The van der Waals surface area contributed by atoms with Gasteiger partial charge in [-0.1, -0.05) is 23.7 Å². The lowest BCUT2D eigenvalue weighted by atomic mass is 10.1. The summed E-state index contributed by atoms with van der Waals surface area (Å²) in [5.41, 5.74) is 9.94. The van der Waals surface area contributed by atoms with E-state index in [0.717, 1.165) is 32.6 Å². The van der Waals surface area contributed by atoms with Gasteiger partial charge in [0.1, 0.15) is 5.82 Å². The first-order valence-corrected chi connectivity index (χ1v) is 6.73. The first-order chi connectivity index (χ1) is 9.56. The molecule has 3 aromatic rings. The first kappa shape index (κ1) is 12.9. The molecular formula is C16H14ClN3. The second-order valence-corrected chi connectivity index (χ2v) is 5.27. The van der Waals surface area contributed by atoms with E-state index in [2.05, 4.69) is 9.97 Å². The maximum atomic E-state index is 6.09. The van der Waals surface area contributed by atoms with Gasteiger partial charge < -0.3 is 5.73 Å². The molecule has 0 saturated heterocycles. The van der Waals surface area contributed by atoms with Gasteiger partial charge >= 0.3 is 0 Å². The van der Waals surface area contributed by atoms with E-state index in [9.17, 15) is 0 Å². The molecule has 3 nitrogen and oxygen atoms in total. The van der Waals surface area contributed by atoms with Crippen LogP contribution in [0.5, 0.6) is 0 Å². The lowest BCUT2D eigenvalue weighted by Crippen LogP contribution is -1.99. The summed E-state index contributed by atoms with van der Waals surface area (Å²) in [6.07, 6.45) is 0. The molecule has 0 aliphatic rings. The molecule has 0 unspecified atom stereocenters. The van der Waals surface area contributed by atoms with E-state index in [1.165, 1.54) is 0 Å². The highest BCUT2D eigenvalue weighted by Crippen LogP contribution is 2.27. The number of aryl methyl sites for hydroxylation is 2. The number of hydrogen-bond acceptors (Lipinski definition) is 3. The number of fused-ring (bicyclic) bond motifs is 1. The Morgan fingerprint density at radius 3 is 2.55 bits per heavy atom. The van der Waals surface area contributed by atoms with Crippen molar-refractivity contribution >= 4 is 28.3 Å². The normalized spacial score (nSPS) is 10.9. The molecule has 0 amide bonds. The quantitative estimate of drug-likeness (QED) is 0.730. The lowest BCUT2D eigenvalue weighted by molar-refractivity contribution is 1.22. The molecule has 0 aliphatic carbocycles. The van der Waals surface area contributed by atoms with E-state index in [4.69, 9.17) is 17.3 Å². The molecule has 0 atom stereocenters. The van der Waals surface area contributed by atoms with Gasteiger partial charge in [-0.05, 0) is 49.2 Å². The van der Waals surface area contributed by atoms with Crippen LogP contribution in [0.1, 0.15) is 11.1 Å². The molecule has 20 heavy (non-hydrogen) atoms. The zero-order valence-electron chi connectivity index (χ0n) is 11.3. The average molecular weight is 284 g/mol. The zero-order valence-corrected chi connectivity index (χ0v) is 12.1. The Balaban J connectivity index is 2.25. The summed E-state index contributed by atoms with van der Waals surface area (Å²) in [4.78, 5) is 9.03. The summed E-state index contributed by atoms with van der Waals surface area (Å²) in [6.45, 7) is 3.97. The smallest absolute Gasteiger partial charge is 0.162 e. The van der Waals surface area contributed by atoms with Gasteiger partial charge in [-0.25, -0.2) is 9.97 Å². The van der Waals surface area contributed by atoms with Crippen molar-refractivity contribution < 1.29 is 0 Å². The molecule has 0 saturated carbocycles. The van der Waals surface area contributed by atoms with Crippen molar-refractivity contribution in [3.8, 4) is 11.4 Å². The Bertz CT molecular complexity index is 812. The minimum Gasteiger partial charge on any atom is -0.383 e. The second kappa shape index (κ2) is 4.76. The largest absolute Gasteiger partial charge is 0.383 e. The molecule has 0 fully saturated rings. The fraction of sp³-hybridized carbons (Fsp3) is 0.125. The highest BCUT2D eigenvalue weighted by molar-refractivity contribution is 6.31. The topological polar surface area (TPSA) is 51.8 Å². The minimum absolute atomic E-state index is 0.510. The van der Waals surface area contributed by atoms with E-state index in [0.29, 0.717) is 11.6 Å². The molecule has 100 valence electrons. The summed E-state index contributed by atoms with van der Waals surface area (Å²) in [5, 5.41) is 1.65. The Labute approximate surface area is 122 Å². The van der Waals surface area contributed by atoms with Crippen molar-refractivity contribution in [2.45, 2.75) is 13.8 Å². The lowest BCUT2D eigenvalue weighted by Gasteiger charge is -2.08. The zero-order chi connectivity index (χ0) is 14.3. The Hall–Kier alpha value is -2.13. The highest BCUT2D eigenvalue weighted by atomic mass is 35.5. The number of anilines is 1. The van der Waals surface area contributed by atoms with Gasteiger partial charge in [0.25, 0.3) is 0 Å². The number of nitrogen functional groups attached to an aromatic ring is 1. The predicted molar refractivity (Wildman–Crippen MR) is 83.9 cm³/mol. The van der Waals surface area contributed by atoms with Crippen LogP contribution in [0.15, 0.2) is 36.4 Å². The third-order valence-electron chi connectivity index (χ3n) is 3.38. The third-order valence-corrected chi connectivity index (χ3v) is 3.80. The molecule has 0 spiro atoms. The van der Waals surface area contributed by atoms with E-state index in [1.807, 2.05) is 50.2 Å². The van der Waals surface area contributed by atoms with Crippen LogP contribution in [0, 0.1) is 13.8 Å². The third kappa shape index (κ3) is 2.10. The molecule has 2 N–H and O–H groups in total. The Kier molecular flexibility index (Phi) is 3.07. The van der Waals surface area contributed by atoms with Crippen LogP contribution >= 0.6 is 11.6 Å². The molecule has 0 radical (unpaired) electrons. The van der Waals surface area contributed by atoms with Gasteiger partial charge in [-0.3, -0.25) is 0 Å². The second-order valence-electron chi connectivity index (χ2n) is 4.87. The van der Waals surface area contributed by atoms with Crippen molar-refractivity contribution in [2.24, 2.45) is 0 Å². The van der Waals surface area contributed by atoms with Crippen LogP contribution in [-0.2, 0) is 0 Å². The van der Waals surface area contributed by atoms with Crippen molar-refractivity contribution in [2.75, 3.05) is 5.73 Å². The van der Waals surface area contributed by atoms with Crippen LogP contribution in [0.25, 0.3) is 22.3 Å². The van der Waals surface area contributed by atoms with Crippen LogP contribution in [0.3, 0.4) is 0 Å². The van der Waals surface area contributed by atoms with Crippen LogP contribution in [0.4, 0.5) is 5.82 Å². The van der Waals surface area contributed by atoms with Gasteiger partial charge in [0.15, 0.2) is 5.82 Å². The van der Waals surface area contributed by atoms with Gasteiger partial charge in [0.2, 0.25) is 0 Å². The molecule has 0 bridgehead atoms. The van der Waals surface area contributed by atoms with Crippen molar-refractivity contribution in [3.63, 3.8) is 0 Å². The minimum atomic E-state index is 0.510. The van der Waals surface area contributed by atoms with Gasteiger partial charge in [0.05, 0.1) is 5.52 Å². The van der Waals surface area contributed by atoms with Gasteiger partial charge in [-0.2, -0.15) is 0 Å². The summed E-state index contributed by atoms with van der Waals surface area (Å²) in [7, 11) is 0. The Morgan fingerprint density at radius 2 is 1.80 bits per heavy atom. The van der Waals surface area contributed by atoms with E-state index < -0.39 is 0 Å². The van der Waals surface area contributed by atoms with Crippen LogP contribution in [0.2, 0.25) is 5.02 Å². The molecular weight excluding hydrogens is 270 g/mol. The molecule has 3 rings (SSSR count). The summed E-state index contributed by atoms with van der Waals surface area (Å²) >= 11 is 6.05. The van der Waals surface area contributed by atoms with Crippen LogP contribution < -0.4 is 5.73 Å². The molecule has 2 aromatic carbocycles.